The topological polar surface area (TPSA) is 38.2 Å². The number of piperidine rings is 1. The number of anilines is 1. The van der Waals surface area contributed by atoms with Crippen molar-refractivity contribution < 1.29 is 4.74 Å². The molecule has 0 saturated carbocycles. The minimum absolute atomic E-state index is 0.526. The highest BCUT2D eigenvalue weighted by molar-refractivity contribution is 5.82. The Balaban J connectivity index is 1.58. The molecule has 0 unspecified atom stereocenters. The number of aromatic nitrogens is 2. The molecule has 0 spiro atoms. The molecular formula is C23H27N3O. The smallest absolute Gasteiger partial charge is 0.147 e. The second-order valence-corrected chi connectivity index (χ2v) is 7.71. The number of hydrogen-bond donors (Lipinski definition) is 0. The van der Waals surface area contributed by atoms with Crippen LogP contribution in [0, 0.1) is 5.92 Å². The van der Waals surface area contributed by atoms with Gasteiger partial charge < -0.3 is 9.64 Å². The molecule has 4 rings (SSSR count). The Labute approximate surface area is 161 Å². The molecule has 0 N–H and O–H groups in total. The zero-order valence-electron chi connectivity index (χ0n) is 16.2. The van der Waals surface area contributed by atoms with Crippen LogP contribution in [0.25, 0.3) is 22.2 Å². The number of rotatable bonds is 5. The van der Waals surface area contributed by atoms with Gasteiger partial charge in [-0.1, -0.05) is 32.0 Å². The van der Waals surface area contributed by atoms with Crippen molar-refractivity contribution in [2.24, 2.45) is 5.92 Å². The van der Waals surface area contributed by atoms with Gasteiger partial charge in [0.1, 0.15) is 11.6 Å². The van der Waals surface area contributed by atoms with Crippen LogP contribution in [0.5, 0.6) is 5.75 Å². The summed E-state index contributed by atoms with van der Waals surface area (Å²) < 4.78 is 5.78. The van der Waals surface area contributed by atoms with E-state index in [-0.39, 0.29) is 0 Å². The van der Waals surface area contributed by atoms with Gasteiger partial charge in [0.25, 0.3) is 0 Å². The molecular weight excluding hydrogens is 334 g/mol. The first kappa shape index (κ1) is 17.8. The molecule has 0 amide bonds. The van der Waals surface area contributed by atoms with Gasteiger partial charge in [0.2, 0.25) is 0 Å². The Kier molecular flexibility index (Phi) is 5.23. The zero-order chi connectivity index (χ0) is 18.6. The van der Waals surface area contributed by atoms with E-state index < -0.39 is 0 Å². The zero-order valence-corrected chi connectivity index (χ0v) is 16.2. The lowest BCUT2D eigenvalue weighted by Crippen LogP contribution is -2.30. The molecule has 27 heavy (non-hydrogen) atoms. The van der Waals surface area contributed by atoms with Crippen molar-refractivity contribution in [3.63, 3.8) is 0 Å². The molecule has 0 aliphatic carbocycles. The van der Waals surface area contributed by atoms with Crippen molar-refractivity contribution in [3.05, 3.63) is 48.7 Å². The van der Waals surface area contributed by atoms with E-state index in [1.165, 1.54) is 24.8 Å². The maximum atomic E-state index is 5.78. The number of fused-ring (bicyclic) bond motifs is 1. The summed E-state index contributed by atoms with van der Waals surface area (Å²) in [4.78, 5) is 11.9. The predicted octanol–water partition coefficient (Wildman–Crippen LogP) is 5.32. The van der Waals surface area contributed by atoms with Crippen LogP contribution in [-0.2, 0) is 0 Å². The van der Waals surface area contributed by atoms with E-state index in [4.69, 9.17) is 9.72 Å². The quantitative estimate of drug-likeness (QED) is 0.616. The van der Waals surface area contributed by atoms with Gasteiger partial charge in [-0.2, -0.15) is 0 Å². The van der Waals surface area contributed by atoms with Crippen molar-refractivity contribution in [1.82, 2.24) is 9.97 Å². The Morgan fingerprint density at radius 1 is 0.926 bits per heavy atom. The van der Waals surface area contributed by atoms with Crippen molar-refractivity contribution in [1.29, 1.82) is 0 Å². The molecule has 1 saturated heterocycles. The molecule has 3 aromatic rings. The van der Waals surface area contributed by atoms with Gasteiger partial charge in [0, 0.05) is 13.1 Å². The largest absolute Gasteiger partial charge is 0.493 e. The summed E-state index contributed by atoms with van der Waals surface area (Å²) in [6.45, 7) is 7.21. The maximum Gasteiger partial charge on any atom is 0.147 e. The molecule has 2 aromatic carbocycles. The summed E-state index contributed by atoms with van der Waals surface area (Å²) in [6.07, 6.45) is 5.71. The molecule has 140 valence electrons. The van der Waals surface area contributed by atoms with Crippen molar-refractivity contribution in [3.8, 4) is 16.9 Å². The summed E-state index contributed by atoms with van der Waals surface area (Å²) >= 11 is 0. The Hall–Kier alpha value is -2.62. The van der Waals surface area contributed by atoms with E-state index in [0.717, 1.165) is 47.9 Å². The van der Waals surface area contributed by atoms with E-state index in [1.807, 2.05) is 18.3 Å². The van der Waals surface area contributed by atoms with Crippen LogP contribution in [0.15, 0.2) is 48.7 Å². The van der Waals surface area contributed by atoms with Crippen LogP contribution in [0.3, 0.4) is 0 Å². The van der Waals surface area contributed by atoms with E-state index in [0.29, 0.717) is 5.92 Å². The lowest BCUT2D eigenvalue weighted by Gasteiger charge is -2.27. The monoisotopic (exact) mass is 361 g/mol. The summed E-state index contributed by atoms with van der Waals surface area (Å²) in [5, 5.41) is 0. The highest BCUT2D eigenvalue weighted by Gasteiger charge is 2.13. The standard InChI is InChI=1S/C23H27N3O/c1-17(2)16-27-20-9-6-18(7-10-20)19-8-11-21-22(14-19)25-23(15-24-21)26-12-4-3-5-13-26/h6-11,14-15,17H,3-5,12-13,16H2,1-2H3. The highest BCUT2D eigenvalue weighted by Crippen LogP contribution is 2.26. The van der Waals surface area contributed by atoms with Gasteiger partial charge >= 0.3 is 0 Å². The maximum absolute atomic E-state index is 5.78. The first-order valence-corrected chi connectivity index (χ1v) is 9.94. The molecule has 0 radical (unpaired) electrons. The van der Waals surface area contributed by atoms with Gasteiger partial charge in [-0.25, -0.2) is 4.98 Å². The van der Waals surface area contributed by atoms with Gasteiger partial charge in [-0.05, 0) is 60.6 Å². The van der Waals surface area contributed by atoms with Gasteiger partial charge in [-0.3, -0.25) is 4.98 Å². The average molecular weight is 361 g/mol. The fraction of sp³-hybridized carbons (Fsp3) is 0.391. The first-order valence-electron chi connectivity index (χ1n) is 9.94. The third kappa shape index (κ3) is 4.21. The predicted molar refractivity (Wildman–Crippen MR) is 111 cm³/mol. The van der Waals surface area contributed by atoms with Crippen LogP contribution in [0.1, 0.15) is 33.1 Å². The third-order valence-electron chi connectivity index (χ3n) is 4.98. The third-order valence-corrected chi connectivity index (χ3v) is 4.98. The van der Waals surface area contributed by atoms with E-state index >= 15 is 0 Å². The Bertz CT molecular complexity index is 899. The molecule has 4 nitrogen and oxygen atoms in total. The second kappa shape index (κ2) is 7.95. The second-order valence-electron chi connectivity index (χ2n) is 7.71. The molecule has 1 aliphatic rings. The van der Waals surface area contributed by atoms with Gasteiger partial charge in [0.15, 0.2) is 0 Å². The average Bonchev–Trinajstić information content (AvgIpc) is 2.72. The SMILES string of the molecule is CC(C)COc1ccc(-c2ccc3ncc(N4CCCCC4)nc3c2)cc1. The van der Waals surface area contributed by atoms with Crippen molar-refractivity contribution in [2.45, 2.75) is 33.1 Å². The molecule has 2 heterocycles. The van der Waals surface area contributed by atoms with E-state index in [9.17, 15) is 0 Å². The molecule has 0 atom stereocenters. The van der Waals surface area contributed by atoms with Crippen LogP contribution >= 0.6 is 0 Å². The molecule has 1 fully saturated rings. The van der Waals surface area contributed by atoms with Crippen molar-refractivity contribution in [2.75, 3.05) is 24.6 Å². The van der Waals surface area contributed by atoms with E-state index in [2.05, 4.69) is 54.1 Å². The number of nitrogens with zero attached hydrogens (tertiary/aromatic N) is 3. The Morgan fingerprint density at radius 2 is 1.67 bits per heavy atom. The van der Waals surface area contributed by atoms with Crippen LogP contribution in [0.4, 0.5) is 5.82 Å². The van der Waals surface area contributed by atoms with Crippen LogP contribution in [-0.4, -0.2) is 29.7 Å². The first-order chi connectivity index (χ1) is 13.2. The van der Waals surface area contributed by atoms with Gasteiger partial charge in [-0.15, -0.1) is 0 Å². The molecule has 1 aromatic heterocycles. The lowest BCUT2D eigenvalue weighted by molar-refractivity contribution is 0.271. The minimum atomic E-state index is 0.526. The molecule has 0 bridgehead atoms. The lowest BCUT2D eigenvalue weighted by atomic mass is 10.0. The Morgan fingerprint density at radius 3 is 2.41 bits per heavy atom. The molecule has 4 heteroatoms. The fourth-order valence-corrected chi connectivity index (χ4v) is 3.46. The summed E-state index contributed by atoms with van der Waals surface area (Å²) in [6, 6.07) is 14.6. The van der Waals surface area contributed by atoms with E-state index in [1.54, 1.807) is 0 Å². The molecule has 1 aliphatic heterocycles. The van der Waals surface area contributed by atoms with Gasteiger partial charge in [0.05, 0.1) is 23.8 Å². The van der Waals surface area contributed by atoms with Crippen LogP contribution in [0.2, 0.25) is 0 Å². The van der Waals surface area contributed by atoms with Crippen molar-refractivity contribution >= 4 is 16.9 Å². The minimum Gasteiger partial charge on any atom is -0.493 e. The number of hydrogen-bond acceptors (Lipinski definition) is 4. The van der Waals surface area contributed by atoms with Crippen LogP contribution < -0.4 is 9.64 Å². The normalized spacial score (nSPS) is 14.7. The summed E-state index contributed by atoms with van der Waals surface area (Å²) in [5.74, 6) is 2.44. The fourth-order valence-electron chi connectivity index (χ4n) is 3.46. The number of benzene rings is 2. The highest BCUT2D eigenvalue weighted by atomic mass is 16.5. The number of ether oxygens (including phenoxy) is 1. The summed E-state index contributed by atoms with van der Waals surface area (Å²) in [5.41, 5.74) is 4.22. The summed E-state index contributed by atoms with van der Waals surface area (Å²) in [7, 11) is 0.